The molecule has 1 atom stereocenters. The molecule has 3 aromatic rings. The number of aromatic nitrogens is 5. The number of carbonyl (C=O) groups is 1. The summed E-state index contributed by atoms with van der Waals surface area (Å²) >= 11 is 2.85. The molecule has 3 heterocycles. The normalized spacial score (nSPS) is 11.9. The van der Waals surface area contributed by atoms with Gasteiger partial charge in [-0.1, -0.05) is 30.0 Å². The fourth-order valence-electron chi connectivity index (χ4n) is 2.13. The SMILES string of the molecule is CCSc1nnc(NC(=O)C(C)n2nc(-c3cccnc3)ccc2=O)s1. The lowest BCUT2D eigenvalue weighted by Gasteiger charge is -2.13. The Bertz CT molecular complexity index is 957. The van der Waals surface area contributed by atoms with Gasteiger partial charge in [-0.15, -0.1) is 10.2 Å². The first-order valence-electron chi connectivity index (χ1n) is 7.86. The Kier molecular flexibility index (Phi) is 5.74. The molecular formula is C16H16N6O2S2. The van der Waals surface area contributed by atoms with Crippen LogP contribution in [0.3, 0.4) is 0 Å². The Balaban J connectivity index is 1.80. The van der Waals surface area contributed by atoms with Crippen molar-refractivity contribution < 1.29 is 4.79 Å². The van der Waals surface area contributed by atoms with Crippen LogP contribution in [0.1, 0.15) is 19.9 Å². The third kappa shape index (κ3) is 4.14. The second-order valence-electron chi connectivity index (χ2n) is 5.21. The molecule has 0 aliphatic heterocycles. The van der Waals surface area contributed by atoms with Crippen LogP contribution in [-0.4, -0.2) is 36.6 Å². The number of nitrogens with one attached hydrogen (secondary N) is 1. The number of hydrogen-bond donors (Lipinski definition) is 1. The Morgan fingerprint density at radius 3 is 2.92 bits per heavy atom. The van der Waals surface area contributed by atoms with Crippen LogP contribution in [-0.2, 0) is 4.79 Å². The molecule has 1 unspecified atom stereocenters. The van der Waals surface area contributed by atoms with E-state index in [1.165, 1.54) is 17.4 Å². The van der Waals surface area contributed by atoms with Crippen molar-refractivity contribution in [1.82, 2.24) is 25.0 Å². The van der Waals surface area contributed by atoms with Gasteiger partial charge in [-0.25, -0.2) is 4.68 Å². The van der Waals surface area contributed by atoms with Crippen LogP contribution in [0.2, 0.25) is 0 Å². The average Bonchev–Trinajstić information content (AvgIpc) is 3.09. The van der Waals surface area contributed by atoms with Crippen molar-refractivity contribution in [2.45, 2.75) is 24.2 Å². The monoisotopic (exact) mass is 388 g/mol. The zero-order valence-corrected chi connectivity index (χ0v) is 15.8. The van der Waals surface area contributed by atoms with Gasteiger partial charge in [0.2, 0.25) is 5.13 Å². The summed E-state index contributed by atoms with van der Waals surface area (Å²) < 4.78 is 1.93. The van der Waals surface area contributed by atoms with Crippen molar-refractivity contribution in [1.29, 1.82) is 0 Å². The van der Waals surface area contributed by atoms with Gasteiger partial charge in [-0.05, 0) is 30.9 Å². The summed E-state index contributed by atoms with van der Waals surface area (Å²) in [5.41, 5.74) is 0.967. The maximum Gasteiger partial charge on any atom is 0.267 e. The first kappa shape index (κ1) is 18.2. The highest BCUT2D eigenvalue weighted by atomic mass is 32.2. The van der Waals surface area contributed by atoms with Crippen LogP contribution in [0.5, 0.6) is 0 Å². The molecule has 1 amide bonds. The van der Waals surface area contributed by atoms with E-state index in [0.717, 1.165) is 20.3 Å². The molecule has 3 aromatic heterocycles. The maximum absolute atomic E-state index is 12.5. The van der Waals surface area contributed by atoms with Crippen molar-refractivity contribution in [3.8, 4) is 11.3 Å². The van der Waals surface area contributed by atoms with Gasteiger partial charge in [0.1, 0.15) is 6.04 Å². The first-order chi connectivity index (χ1) is 12.6. The molecule has 0 saturated carbocycles. The van der Waals surface area contributed by atoms with Crippen molar-refractivity contribution in [2.24, 2.45) is 0 Å². The van der Waals surface area contributed by atoms with E-state index in [1.807, 2.05) is 13.0 Å². The number of anilines is 1. The summed E-state index contributed by atoms with van der Waals surface area (Å²) in [6, 6.07) is 5.82. The minimum absolute atomic E-state index is 0.361. The van der Waals surface area contributed by atoms with Gasteiger partial charge in [0.05, 0.1) is 5.69 Å². The highest BCUT2D eigenvalue weighted by molar-refractivity contribution is 8.01. The third-order valence-electron chi connectivity index (χ3n) is 3.43. The Morgan fingerprint density at radius 1 is 1.35 bits per heavy atom. The van der Waals surface area contributed by atoms with Gasteiger partial charge >= 0.3 is 0 Å². The number of amides is 1. The van der Waals surface area contributed by atoms with Crippen LogP contribution in [0.25, 0.3) is 11.3 Å². The molecule has 3 rings (SSSR count). The molecule has 0 saturated heterocycles. The van der Waals surface area contributed by atoms with Gasteiger partial charge in [0, 0.05) is 24.0 Å². The summed E-state index contributed by atoms with van der Waals surface area (Å²) in [7, 11) is 0. The molecule has 0 radical (unpaired) electrons. The van der Waals surface area contributed by atoms with Gasteiger partial charge in [-0.3, -0.25) is 19.9 Å². The lowest BCUT2D eigenvalue weighted by molar-refractivity contribution is -0.119. The minimum atomic E-state index is -0.801. The molecule has 1 N–H and O–H groups in total. The van der Waals surface area contributed by atoms with Crippen molar-refractivity contribution in [2.75, 3.05) is 11.1 Å². The fourth-order valence-corrected chi connectivity index (χ4v) is 3.79. The number of carbonyl (C=O) groups excluding carboxylic acids is 1. The van der Waals surface area contributed by atoms with Crippen LogP contribution < -0.4 is 10.9 Å². The molecule has 0 aliphatic carbocycles. The molecule has 0 spiro atoms. The smallest absolute Gasteiger partial charge is 0.267 e. The van der Waals surface area contributed by atoms with E-state index in [2.05, 4.69) is 25.6 Å². The van der Waals surface area contributed by atoms with E-state index >= 15 is 0 Å². The molecular weight excluding hydrogens is 372 g/mol. The average molecular weight is 388 g/mol. The standard InChI is InChI=1S/C16H16N6O2S2/c1-3-25-16-20-19-15(26-16)18-14(24)10(2)22-13(23)7-6-12(21-22)11-5-4-8-17-9-11/h4-10H,3H2,1-2H3,(H,18,19,24). The second-order valence-corrected chi connectivity index (χ2v) is 7.70. The number of nitrogens with zero attached hydrogens (tertiary/aromatic N) is 5. The van der Waals surface area contributed by atoms with Crippen LogP contribution >= 0.6 is 23.1 Å². The first-order valence-corrected chi connectivity index (χ1v) is 9.66. The lowest BCUT2D eigenvalue weighted by atomic mass is 10.2. The molecule has 0 aliphatic rings. The third-order valence-corrected chi connectivity index (χ3v) is 5.29. The van der Waals surface area contributed by atoms with Gasteiger partial charge in [0.25, 0.3) is 11.5 Å². The molecule has 10 heteroatoms. The number of hydrogen-bond acceptors (Lipinski definition) is 8. The van der Waals surface area contributed by atoms with E-state index in [9.17, 15) is 9.59 Å². The van der Waals surface area contributed by atoms with E-state index < -0.39 is 6.04 Å². The zero-order valence-electron chi connectivity index (χ0n) is 14.1. The molecule has 0 fully saturated rings. The quantitative estimate of drug-likeness (QED) is 0.511. The highest BCUT2D eigenvalue weighted by Crippen LogP contribution is 2.25. The van der Waals surface area contributed by atoms with E-state index in [0.29, 0.717) is 10.8 Å². The van der Waals surface area contributed by atoms with Crippen LogP contribution in [0.4, 0.5) is 5.13 Å². The Labute approximate surface area is 157 Å². The zero-order chi connectivity index (χ0) is 18.5. The molecule has 8 nitrogen and oxygen atoms in total. The van der Waals surface area contributed by atoms with Gasteiger partial charge in [0.15, 0.2) is 4.34 Å². The van der Waals surface area contributed by atoms with E-state index in [1.54, 1.807) is 43.2 Å². The topological polar surface area (TPSA) is 103 Å². The number of pyridine rings is 1. The molecule has 0 bridgehead atoms. The van der Waals surface area contributed by atoms with Gasteiger partial charge in [-0.2, -0.15) is 5.10 Å². The molecule has 26 heavy (non-hydrogen) atoms. The lowest BCUT2D eigenvalue weighted by Crippen LogP contribution is -2.33. The van der Waals surface area contributed by atoms with Crippen molar-refractivity contribution in [3.63, 3.8) is 0 Å². The summed E-state index contributed by atoms with van der Waals surface area (Å²) in [4.78, 5) is 28.7. The predicted molar refractivity (Wildman–Crippen MR) is 101 cm³/mol. The second kappa shape index (κ2) is 8.19. The fraction of sp³-hybridized carbons (Fsp3) is 0.250. The summed E-state index contributed by atoms with van der Waals surface area (Å²) in [5.74, 6) is 0.492. The Morgan fingerprint density at radius 2 is 2.19 bits per heavy atom. The predicted octanol–water partition coefficient (Wildman–Crippen LogP) is 2.47. The van der Waals surface area contributed by atoms with Crippen LogP contribution in [0, 0.1) is 0 Å². The minimum Gasteiger partial charge on any atom is -0.299 e. The van der Waals surface area contributed by atoms with Crippen LogP contribution in [0.15, 0.2) is 45.8 Å². The summed E-state index contributed by atoms with van der Waals surface area (Å²) in [6.45, 7) is 3.62. The van der Waals surface area contributed by atoms with E-state index in [-0.39, 0.29) is 11.5 Å². The summed E-state index contributed by atoms with van der Waals surface area (Å²) in [6.07, 6.45) is 3.30. The molecule has 134 valence electrons. The maximum atomic E-state index is 12.5. The Hall–Kier alpha value is -2.59. The van der Waals surface area contributed by atoms with Crippen molar-refractivity contribution in [3.05, 3.63) is 47.0 Å². The largest absolute Gasteiger partial charge is 0.299 e. The van der Waals surface area contributed by atoms with Gasteiger partial charge < -0.3 is 0 Å². The number of thioether (sulfide) groups is 1. The summed E-state index contributed by atoms with van der Waals surface area (Å²) in [5, 5.41) is 15.3. The van der Waals surface area contributed by atoms with Crippen molar-refractivity contribution >= 4 is 34.1 Å². The van der Waals surface area contributed by atoms with E-state index in [4.69, 9.17) is 0 Å². The number of rotatable bonds is 6. The highest BCUT2D eigenvalue weighted by Gasteiger charge is 2.20. The molecule has 0 aromatic carbocycles.